The molecule has 0 radical (unpaired) electrons. The first kappa shape index (κ1) is 12.1. The van der Waals surface area contributed by atoms with E-state index in [1.165, 1.54) is 12.3 Å². The summed E-state index contributed by atoms with van der Waals surface area (Å²) in [6.45, 7) is 2.51. The van der Waals surface area contributed by atoms with Crippen LogP contribution < -0.4 is 5.73 Å². The van der Waals surface area contributed by atoms with Gasteiger partial charge in [-0.15, -0.1) is 0 Å². The molecule has 1 aromatic heterocycles. The number of aromatic nitrogens is 1. The van der Waals surface area contributed by atoms with E-state index < -0.39 is 0 Å². The van der Waals surface area contributed by atoms with Crippen molar-refractivity contribution in [3.05, 3.63) is 22.8 Å². The Morgan fingerprint density at radius 1 is 1.47 bits per heavy atom. The van der Waals surface area contributed by atoms with E-state index >= 15 is 0 Å². The van der Waals surface area contributed by atoms with Gasteiger partial charge in [0, 0.05) is 25.9 Å². The summed E-state index contributed by atoms with van der Waals surface area (Å²) in [5, 5.41) is 0.328. The molecule has 2 heterocycles. The summed E-state index contributed by atoms with van der Waals surface area (Å²) in [6, 6.07) is 1.51. The maximum Gasteiger partial charge on any atom is 0.255 e. The Bertz CT molecular complexity index is 417. The van der Waals surface area contributed by atoms with Gasteiger partial charge in [0.1, 0.15) is 5.82 Å². The summed E-state index contributed by atoms with van der Waals surface area (Å²) in [6.07, 6.45) is 2.24. The van der Waals surface area contributed by atoms with E-state index in [9.17, 15) is 4.79 Å². The number of nitrogen functional groups attached to an aromatic ring is 1. The second kappa shape index (κ2) is 5.33. The quantitative estimate of drug-likeness (QED) is 0.818. The minimum atomic E-state index is -0.116. The zero-order chi connectivity index (χ0) is 12.3. The fourth-order valence-electron chi connectivity index (χ4n) is 1.74. The van der Waals surface area contributed by atoms with Gasteiger partial charge in [-0.3, -0.25) is 4.79 Å². The van der Waals surface area contributed by atoms with E-state index in [4.69, 9.17) is 22.1 Å². The molecule has 1 saturated heterocycles. The number of hydrogen-bond acceptors (Lipinski definition) is 4. The van der Waals surface area contributed by atoms with Crippen molar-refractivity contribution >= 4 is 23.3 Å². The number of nitrogens with zero attached hydrogens (tertiary/aromatic N) is 2. The largest absolute Gasteiger partial charge is 0.384 e. The molecule has 0 aromatic carbocycles. The van der Waals surface area contributed by atoms with Crippen molar-refractivity contribution in [2.24, 2.45) is 0 Å². The standard InChI is InChI=1S/C11H14ClN3O2/c12-9-7-14-10(13)6-8(9)11(16)15-2-1-4-17-5-3-15/h6-7H,1-5H2,(H2,13,14). The Morgan fingerprint density at radius 2 is 2.29 bits per heavy atom. The van der Waals surface area contributed by atoms with Crippen LogP contribution in [0.3, 0.4) is 0 Å². The number of carbonyl (C=O) groups is 1. The molecule has 0 saturated carbocycles. The van der Waals surface area contributed by atoms with E-state index in [0.717, 1.165) is 6.42 Å². The molecule has 5 nitrogen and oxygen atoms in total. The molecule has 1 fully saturated rings. The van der Waals surface area contributed by atoms with Crippen LogP contribution in [0.15, 0.2) is 12.3 Å². The van der Waals surface area contributed by atoms with Crippen LogP contribution in [0.5, 0.6) is 0 Å². The Kier molecular flexibility index (Phi) is 3.81. The summed E-state index contributed by atoms with van der Waals surface area (Å²) >= 11 is 5.95. The van der Waals surface area contributed by atoms with E-state index in [1.807, 2.05) is 0 Å². The maximum atomic E-state index is 12.2. The van der Waals surface area contributed by atoms with Crippen molar-refractivity contribution in [1.29, 1.82) is 0 Å². The molecule has 6 heteroatoms. The summed E-state index contributed by atoms with van der Waals surface area (Å²) in [5.74, 6) is 0.179. The highest BCUT2D eigenvalue weighted by Gasteiger charge is 2.20. The van der Waals surface area contributed by atoms with Gasteiger partial charge in [-0.1, -0.05) is 11.6 Å². The molecule has 1 aliphatic rings. The molecule has 1 aliphatic heterocycles. The predicted octanol–water partition coefficient (Wildman–Crippen LogP) is 1.18. The Labute approximate surface area is 105 Å². The van der Waals surface area contributed by atoms with Crippen LogP contribution >= 0.6 is 11.6 Å². The molecule has 1 amide bonds. The maximum absolute atomic E-state index is 12.2. The number of carbonyl (C=O) groups excluding carboxylic acids is 1. The topological polar surface area (TPSA) is 68.5 Å². The smallest absolute Gasteiger partial charge is 0.255 e. The van der Waals surface area contributed by atoms with Gasteiger partial charge < -0.3 is 15.4 Å². The van der Waals surface area contributed by atoms with Gasteiger partial charge >= 0.3 is 0 Å². The van der Waals surface area contributed by atoms with Gasteiger partial charge in [0.05, 0.1) is 17.2 Å². The van der Waals surface area contributed by atoms with Crippen molar-refractivity contribution < 1.29 is 9.53 Å². The Hall–Kier alpha value is -1.33. The van der Waals surface area contributed by atoms with Crippen molar-refractivity contribution in [2.75, 3.05) is 32.0 Å². The van der Waals surface area contributed by atoms with Crippen LogP contribution in [0.2, 0.25) is 5.02 Å². The number of nitrogens with two attached hydrogens (primary N) is 1. The molecule has 0 bridgehead atoms. The third-order valence-corrected chi connectivity index (χ3v) is 2.92. The third-order valence-electron chi connectivity index (χ3n) is 2.62. The van der Waals surface area contributed by atoms with Gasteiger partial charge in [-0.2, -0.15) is 0 Å². The van der Waals surface area contributed by atoms with E-state index in [1.54, 1.807) is 4.90 Å². The molecule has 2 N–H and O–H groups in total. The minimum absolute atomic E-state index is 0.116. The Morgan fingerprint density at radius 3 is 3.12 bits per heavy atom. The molecule has 1 aromatic rings. The molecule has 2 rings (SSSR count). The lowest BCUT2D eigenvalue weighted by Crippen LogP contribution is -2.33. The SMILES string of the molecule is Nc1cc(C(=O)N2CCCOCC2)c(Cl)cn1. The first-order valence-corrected chi connectivity index (χ1v) is 5.84. The average molecular weight is 256 g/mol. The normalized spacial score (nSPS) is 16.6. The fourth-order valence-corrected chi connectivity index (χ4v) is 1.92. The van der Waals surface area contributed by atoms with E-state index in [0.29, 0.717) is 42.7 Å². The molecule has 0 unspecified atom stereocenters. The first-order valence-electron chi connectivity index (χ1n) is 5.46. The van der Waals surface area contributed by atoms with Crippen molar-refractivity contribution in [3.63, 3.8) is 0 Å². The first-order chi connectivity index (χ1) is 8.18. The van der Waals surface area contributed by atoms with E-state index in [-0.39, 0.29) is 5.91 Å². The van der Waals surface area contributed by atoms with Crippen LogP contribution in [0, 0.1) is 0 Å². The lowest BCUT2D eigenvalue weighted by molar-refractivity contribution is 0.0741. The van der Waals surface area contributed by atoms with Crippen LogP contribution in [0.25, 0.3) is 0 Å². The fraction of sp³-hybridized carbons (Fsp3) is 0.455. The molecular formula is C11H14ClN3O2. The van der Waals surface area contributed by atoms with Gasteiger partial charge in [0.25, 0.3) is 5.91 Å². The number of anilines is 1. The number of pyridine rings is 1. The Balaban J connectivity index is 2.20. The molecule has 92 valence electrons. The zero-order valence-corrected chi connectivity index (χ0v) is 10.1. The molecule has 0 atom stereocenters. The van der Waals surface area contributed by atoms with Crippen LogP contribution in [-0.2, 0) is 4.74 Å². The van der Waals surface area contributed by atoms with E-state index in [2.05, 4.69) is 4.98 Å². The highest BCUT2D eigenvalue weighted by molar-refractivity contribution is 6.33. The number of halogens is 1. The predicted molar refractivity (Wildman–Crippen MR) is 65.0 cm³/mol. The minimum Gasteiger partial charge on any atom is -0.384 e. The molecule has 0 aliphatic carbocycles. The summed E-state index contributed by atoms with van der Waals surface area (Å²) in [7, 11) is 0. The lowest BCUT2D eigenvalue weighted by atomic mass is 10.2. The molecule has 0 spiro atoms. The highest BCUT2D eigenvalue weighted by atomic mass is 35.5. The summed E-state index contributed by atoms with van der Waals surface area (Å²) in [5.41, 5.74) is 5.96. The third kappa shape index (κ3) is 2.87. The van der Waals surface area contributed by atoms with Gasteiger partial charge in [0.2, 0.25) is 0 Å². The van der Waals surface area contributed by atoms with Crippen LogP contribution in [0.1, 0.15) is 16.8 Å². The number of hydrogen-bond donors (Lipinski definition) is 1. The van der Waals surface area contributed by atoms with Crippen molar-refractivity contribution in [1.82, 2.24) is 9.88 Å². The molecular weight excluding hydrogens is 242 g/mol. The van der Waals surface area contributed by atoms with Crippen molar-refractivity contribution in [2.45, 2.75) is 6.42 Å². The zero-order valence-electron chi connectivity index (χ0n) is 9.36. The van der Waals surface area contributed by atoms with Gasteiger partial charge in [-0.25, -0.2) is 4.98 Å². The second-order valence-corrected chi connectivity index (χ2v) is 4.25. The summed E-state index contributed by atoms with van der Waals surface area (Å²) < 4.78 is 5.30. The van der Waals surface area contributed by atoms with Crippen molar-refractivity contribution in [3.8, 4) is 0 Å². The van der Waals surface area contributed by atoms with Crippen LogP contribution in [-0.4, -0.2) is 42.1 Å². The average Bonchev–Trinajstić information content (AvgIpc) is 2.60. The lowest BCUT2D eigenvalue weighted by Gasteiger charge is -2.20. The number of amides is 1. The van der Waals surface area contributed by atoms with Crippen LogP contribution in [0.4, 0.5) is 5.82 Å². The highest BCUT2D eigenvalue weighted by Crippen LogP contribution is 2.19. The van der Waals surface area contributed by atoms with Gasteiger partial charge in [-0.05, 0) is 12.5 Å². The number of rotatable bonds is 1. The number of ether oxygens (including phenoxy) is 1. The summed E-state index contributed by atoms with van der Waals surface area (Å²) in [4.78, 5) is 17.8. The van der Waals surface area contributed by atoms with Gasteiger partial charge in [0.15, 0.2) is 0 Å². The molecule has 17 heavy (non-hydrogen) atoms. The second-order valence-electron chi connectivity index (χ2n) is 3.85. The monoisotopic (exact) mass is 255 g/mol.